The molecule has 7 heteroatoms. The van der Waals surface area contributed by atoms with Crippen molar-refractivity contribution < 1.29 is 9.84 Å². The van der Waals surface area contributed by atoms with Crippen LogP contribution in [0.5, 0.6) is 11.6 Å². The summed E-state index contributed by atoms with van der Waals surface area (Å²) in [5.74, 6) is 2.43. The fourth-order valence-corrected chi connectivity index (χ4v) is 5.05. The predicted octanol–water partition coefficient (Wildman–Crippen LogP) is 3.89. The van der Waals surface area contributed by atoms with Crippen molar-refractivity contribution in [2.75, 3.05) is 20.2 Å². The number of nitrogens with zero attached hydrogens (tertiary/aromatic N) is 4. The quantitative estimate of drug-likeness (QED) is 0.721. The molecule has 0 spiro atoms. The SMILES string of the molecule is CCc1nc2sc(C(c3cccc(OC)c3)N3CCCC(C)C3)c(O)n2n1. The number of aryl methyl sites for hydroxylation is 1. The molecule has 0 amide bonds. The molecule has 0 saturated carbocycles. The molecule has 1 fully saturated rings. The van der Waals surface area contributed by atoms with Crippen molar-refractivity contribution in [2.24, 2.45) is 5.92 Å². The highest BCUT2D eigenvalue weighted by Crippen LogP contribution is 2.42. The second kappa shape index (κ2) is 7.48. The Morgan fingerprint density at radius 2 is 2.26 bits per heavy atom. The van der Waals surface area contributed by atoms with E-state index < -0.39 is 0 Å². The highest BCUT2D eigenvalue weighted by molar-refractivity contribution is 7.17. The molecule has 3 aromatic rings. The molecule has 1 aromatic carbocycles. The summed E-state index contributed by atoms with van der Waals surface area (Å²) in [6, 6.07) is 8.12. The largest absolute Gasteiger partial charge is 0.497 e. The third kappa shape index (κ3) is 3.41. The number of rotatable bonds is 5. The maximum absolute atomic E-state index is 11.0. The Labute approximate surface area is 163 Å². The Morgan fingerprint density at radius 3 is 2.96 bits per heavy atom. The summed E-state index contributed by atoms with van der Waals surface area (Å²) in [6.07, 6.45) is 3.18. The highest BCUT2D eigenvalue weighted by atomic mass is 32.1. The molecule has 144 valence electrons. The molecule has 1 aliphatic heterocycles. The molecule has 27 heavy (non-hydrogen) atoms. The van der Waals surface area contributed by atoms with Crippen LogP contribution in [0.15, 0.2) is 24.3 Å². The molecule has 0 aliphatic carbocycles. The van der Waals surface area contributed by atoms with Crippen molar-refractivity contribution in [1.82, 2.24) is 19.5 Å². The molecule has 0 bridgehead atoms. The minimum absolute atomic E-state index is 0.0265. The van der Waals surface area contributed by atoms with E-state index >= 15 is 0 Å². The molecule has 4 rings (SSSR count). The van der Waals surface area contributed by atoms with E-state index in [0.29, 0.717) is 5.92 Å². The number of benzene rings is 1. The van der Waals surface area contributed by atoms with Gasteiger partial charge in [0, 0.05) is 13.0 Å². The van der Waals surface area contributed by atoms with E-state index in [1.54, 1.807) is 11.6 Å². The Balaban J connectivity index is 1.81. The first-order valence-corrected chi connectivity index (χ1v) is 10.4. The first-order chi connectivity index (χ1) is 13.1. The van der Waals surface area contributed by atoms with Crippen LogP contribution >= 0.6 is 11.3 Å². The lowest BCUT2D eigenvalue weighted by molar-refractivity contribution is 0.149. The number of piperidine rings is 1. The molecular formula is C20H26N4O2S. The van der Waals surface area contributed by atoms with Gasteiger partial charge in [-0.25, -0.2) is 4.98 Å². The Hall–Kier alpha value is -2.12. The maximum Gasteiger partial charge on any atom is 0.230 e. The maximum atomic E-state index is 11.0. The Kier molecular flexibility index (Phi) is 5.06. The number of aromatic nitrogens is 3. The van der Waals surface area contributed by atoms with Crippen LogP contribution in [0, 0.1) is 5.92 Å². The lowest BCUT2D eigenvalue weighted by Crippen LogP contribution is -2.37. The van der Waals surface area contributed by atoms with E-state index in [-0.39, 0.29) is 11.9 Å². The van der Waals surface area contributed by atoms with Gasteiger partial charge in [-0.1, -0.05) is 37.3 Å². The number of likely N-dealkylation sites (tertiary alicyclic amines) is 1. The number of hydrogen-bond acceptors (Lipinski definition) is 6. The van der Waals surface area contributed by atoms with Gasteiger partial charge in [-0.2, -0.15) is 4.52 Å². The molecular weight excluding hydrogens is 360 g/mol. The topological polar surface area (TPSA) is 62.9 Å². The van der Waals surface area contributed by atoms with Crippen LogP contribution in [0.2, 0.25) is 0 Å². The summed E-state index contributed by atoms with van der Waals surface area (Å²) in [4.78, 5) is 8.66. The molecule has 2 unspecified atom stereocenters. The highest BCUT2D eigenvalue weighted by Gasteiger charge is 2.32. The fourth-order valence-electron chi connectivity index (χ4n) is 3.92. The van der Waals surface area contributed by atoms with Gasteiger partial charge in [-0.15, -0.1) is 5.10 Å². The molecule has 2 atom stereocenters. The van der Waals surface area contributed by atoms with Gasteiger partial charge in [0.2, 0.25) is 10.8 Å². The summed E-state index contributed by atoms with van der Waals surface area (Å²) >= 11 is 1.53. The van der Waals surface area contributed by atoms with Crippen molar-refractivity contribution in [2.45, 2.75) is 39.2 Å². The zero-order valence-corrected chi connectivity index (χ0v) is 16.9. The molecule has 1 N–H and O–H groups in total. The molecule has 0 radical (unpaired) electrons. The summed E-state index contributed by atoms with van der Waals surface area (Å²) in [5, 5.41) is 15.4. The van der Waals surface area contributed by atoms with E-state index in [1.807, 2.05) is 19.1 Å². The van der Waals surface area contributed by atoms with Gasteiger partial charge >= 0.3 is 0 Å². The third-order valence-corrected chi connectivity index (χ3v) is 6.34. The molecule has 1 aliphatic rings. The van der Waals surface area contributed by atoms with E-state index in [9.17, 15) is 5.11 Å². The lowest BCUT2D eigenvalue weighted by Gasteiger charge is -2.37. The molecule has 3 heterocycles. The number of thiazole rings is 1. The number of aromatic hydroxyl groups is 1. The summed E-state index contributed by atoms with van der Waals surface area (Å²) in [6.45, 7) is 6.34. The Bertz CT molecular complexity index is 935. The predicted molar refractivity (Wildman–Crippen MR) is 107 cm³/mol. The van der Waals surface area contributed by atoms with Gasteiger partial charge in [0.1, 0.15) is 5.75 Å². The van der Waals surface area contributed by atoms with Gasteiger partial charge in [0.05, 0.1) is 18.0 Å². The number of fused-ring (bicyclic) bond motifs is 1. The standard InChI is InChI=1S/C20H26N4O2S/c1-4-16-21-20-24(22-16)19(25)18(27-20)17(23-10-6-7-13(2)12-23)14-8-5-9-15(11-14)26-3/h5,8-9,11,13,17,25H,4,6-7,10,12H2,1-3H3. The fraction of sp³-hybridized carbons (Fsp3) is 0.500. The van der Waals surface area contributed by atoms with Crippen LogP contribution in [0.4, 0.5) is 0 Å². The van der Waals surface area contributed by atoms with Gasteiger partial charge in [0.25, 0.3) is 0 Å². The molecule has 6 nitrogen and oxygen atoms in total. The zero-order chi connectivity index (χ0) is 19.0. The summed E-state index contributed by atoms with van der Waals surface area (Å²) < 4.78 is 7.03. The van der Waals surface area contributed by atoms with Gasteiger partial charge in [-0.05, 0) is 43.0 Å². The lowest BCUT2D eigenvalue weighted by atomic mass is 9.95. The van der Waals surface area contributed by atoms with Crippen LogP contribution in [-0.2, 0) is 6.42 Å². The van der Waals surface area contributed by atoms with Gasteiger partial charge in [0.15, 0.2) is 5.82 Å². The monoisotopic (exact) mass is 386 g/mol. The zero-order valence-electron chi connectivity index (χ0n) is 16.1. The first-order valence-electron chi connectivity index (χ1n) is 9.56. The minimum atomic E-state index is -0.0265. The van der Waals surface area contributed by atoms with Crippen molar-refractivity contribution in [3.63, 3.8) is 0 Å². The number of ether oxygens (including phenoxy) is 1. The van der Waals surface area contributed by atoms with E-state index in [0.717, 1.165) is 46.5 Å². The summed E-state index contributed by atoms with van der Waals surface area (Å²) in [5.41, 5.74) is 1.12. The smallest absolute Gasteiger partial charge is 0.230 e. The number of methoxy groups -OCH3 is 1. The van der Waals surface area contributed by atoms with Crippen LogP contribution < -0.4 is 4.74 Å². The second-order valence-corrected chi connectivity index (χ2v) is 8.30. The van der Waals surface area contributed by atoms with Gasteiger partial charge in [-0.3, -0.25) is 4.90 Å². The average molecular weight is 387 g/mol. The van der Waals surface area contributed by atoms with Crippen molar-refractivity contribution in [3.05, 3.63) is 40.5 Å². The first kappa shape index (κ1) is 18.3. The van der Waals surface area contributed by atoms with Gasteiger partial charge < -0.3 is 9.84 Å². The third-order valence-electron chi connectivity index (χ3n) is 5.27. The van der Waals surface area contributed by atoms with Crippen LogP contribution in [0.1, 0.15) is 49.0 Å². The van der Waals surface area contributed by atoms with Crippen molar-refractivity contribution in [3.8, 4) is 11.6 Å². The second-order valence-electron chi connectivity index (χ2n) is 7.29. The molecule has 1 saturated heterocycles. The minimum Gasteiger partial charge on any atom is -0.497 e. The van der Waals surface area contributed by atoms with Crippen LogP contribution in [0.3, 0.4) is 0 Å². The summed E-state index contributed by atoms with van der Waals surface area (Å²) in [7, 11) is 1.68. The van der Waals surface area contributed by atoms with E-state index in [2.05, 4.69) is 34.0 Å². The van der Waals surface area contributed by atoms with Crippen molar-refractivity contribution in [1.29, 1.82) is 0 Å². The van der Waals surface area contributed by atoms with E-state index in [4.69, 9.17) is 4.74 Å². The number of hydrogen-bond donors (Lipinski definition) is 1. The van der Waals surface area contributed by atoms with E-state index in [1.165, 1.54) is 24.2 Å². The average Bonchev–Trinajstić information content (AvgIpc) is 3.22. The van der Waals surface area contributed by atoms with Crippen molar-refractivity contribution >= 4 is 16.3 Å². The normalized spacial score (nSPS) is 19.4. The molecule has 2 aromatic heterocycles. The van der Waals surface area contributed by atoms with Crippen LogP contribution in [0.25, 0.3) is 4.96 Å². The van der Waals surface area contributed by atoms with Crippen LogP contribution in [-0.4, -0.2) is 44.8 Å². The Morgan fingerprint density at radius 1 is 1.41 bits per heavy atom.